The predicted molar refractivity (Wildman–Crippen MR) is 86.8 cm³/mol. The minimum absolute atomic E-state index is 0. The third-order valence-electron chi connectivity index (χ3n) is 3.49. The molecule has 5 nitrogen and oxygen atoms in total. The van der Waals surface area contributed by atoms with Crippen LogP contribution in [0.15, 0.2) is 16.6 Å². The molecule has 0 saturated heterocycles. The molecule has 0 spiro atoms. The molecule has 1 aromatic rings. The molecule has 0 aliphatic carbocycles. The van der Waals surface area contributed by atoms with Gasteiger partial charge in [-0.2, -0.15) is 0 Å². The standard InChI is InChI=1S/C15H20BrN3O2.BrH/c1-4-21-13(20)9-18-5-6-19(15(18)17)14-11(3)7-10(2)8-12(14)16;/h7-8,17H,4-6,9H2,1-3H3;1H. The maximum absolute atomic E-state index is 11.6. The molecular weight excluding hydrogens is 414 g/mol. The minimum Gasteiger partial charge on any atom is -1.00 e. The van der Waals surface area contributed by atoms with Crippen LogP contribution in [-0.2, 0) is 9.53 Å². The zero-order valence-corrected chi connectivity index (χ0v) is 16.2. The van der Waals surface area contributed by atoms with Gasteiger partial charge in [-0.15, -0.1) is 0 Å². The van der Waals surface area contributed by atoms with Crippen LogP contribution in [-0.4, -0.2) is 42.7 Å². The van der Waals surface area contributed by atoms with E-state index in [1.54, 1.807) is 6.92 Å². The highest BCUT2D eigenvalue weighted by Gasteiger charge is 2.32. The number of hydrogen-bond acceptors (Lipinski definition) is 4. The van der Waals surface area contributed by atoms with E-state index >= 15 is 0 Å². The van der Waals surface area contributed by atoms with Crippen molar-refractivity contribution in [1.29, 1.82) is 0 Å². The summed E-state index contributed by atoms with van der Waals surface area (Å²) in [6.07, 6.45) is 0. The van der Waals surface area contributed by atoms with Gasteiger partial charge in [0.2, 0.25) is 0 Å². The van der Waals surface area contributed by atoms with E-state index in [0.717, 1.165) is 22.3 Å². The fourth-order valence-electron chi connectivity index (χ4n) is 2.62. The number of hydrogen-bond donors (Lipinski definition) is 1. The fourth-order valence-corrected chi connectivity index (χ4v) is 3.51. The van der Waals surface area contributed by atoms with Crippen LogP contribution < -0.4 is 27.6 Å². The van der Waals surface area contributed by atoms with Crippen LogP contribution in [0.3, 0.4) is 0 Å². The van der Waals surface area contributed by atoms with E-state index in [1.165, 1.54) is 5.56 Å². The Morgan fingerprint density at radius 1 is 1.45 bits per heavy atom. The van der Waals surface area contributed by atoms with Crippen molar-refractivity contribution in [3.63, 3.8) is 0 Å². The van der Waals surface area contributed by atoms with E-state index in [1.807, 2.05) is 9.48 Å². The molecule has 0 aromatic heterocycles. The van der Waals surface area contributed by atoms with Crippen LogP contribution in [0.1, 0.15) is 18.1 Å². The second kappa shape index (κ2) is 7.97. The van der Waals surface area contributed by atoms with Crippen molar-refractivity contribution in [2.75, 3.05) is 31.1 Å². The number of esters is 1. The number of aryl methyl sites for hydroxylation is 2. The molecule has 0 bridgehead atoms. The summed E-state index contributed by atoms with van der Waals surface area (Å²) in [5, 5.41) is 0. The maximum atomic E-state index is 11.6. The molecule has 0 fully saturated rings. The summed E-state index contributed by atoms with van der Waals surface area (Å²) in [6.45, 7) is 7.98. The minimum atomic E-state index is -0.248. The molecule has 22 heavy (non-hydrogen) atoms. The number of rotatable bonds is 4. The zero-order valence-electron chi connectivity index (χ0n) is 13.0. The van der Waals surface area contributed by atoms with Crippen LogP contribution in [0.5, 0.6) is 0 Å². The van der Waals surface area contributed by atoms with Crippen LogP contribution in [0.25, 0.3) is 0 Å². The monoisotopic (exact) mass is 433 g/mol. The smallest absolute Gasteiger partial charge is 0.351 e. The maximum Gasteiger partial charge on any atom is 0.351 e. The number of nitrogens with two attached hydrogens (primary N) is 1. The SMILES string of the molecule is CCOC(=O)C[N+]1=C(N)N(c2c(C)cc(C)cc2Br)CC1.[Br-]. The van der Waals surface area contributed by atoms with Crippen LogP contribution >= 0.6 is 15.9 Å². The van der Waals surface area contributed by atoms with Crippen molar-refractivity contribution < 1.29 is 31.1 Å². The first-order valence-electron chi connectivity index (χ1n) is 7.01. The van der Waals surface area contributed by atoms with Gasteiger partial charge in [-0.25, -0.2) is 9.69 Å². The van der Waals surface area contributed by atoms with E-state index < -0.39 is 0 Å². The summed E-state index contributed by atoms with van der Waals surface area (Å²) < 4.78 is 7.84. The molecule has 2 rings (SSSR count). The van der Waals surface area contributed by atoms with E-state index in [0.29, 0.717) is 19.1 Å². The number of carbonyl (C=O) groups is 1. The Morgan fingerprint density at radius 2 is 2.14 bits per heavy atom. The lowest BCUT2D eigenvalue weighted by atomic mass is 10.1. The number of nitrogens with zero attached hydrogens (tertiary/aromatic N) is 2. The van der Waals surface area contributed by atoms with Gasteiger partial charge in [0.25, 0.3) is 0 Å². The van der Waals surface area contributed by atoms with Crippen LogP contribution in [0.2, 0.25) is 0 Å². The van der Waals surface area contributed by atoms with Gasteiger partial charge in [-0.05, 0) is 53.9 Å². The van der Waals surface area contributed by atoms with Gasteiger partial charge in [0.15, 0.2) is 6.54 Å². The zero-order chi connectivity index (χ0) is 15.6. The first-order chi connectivity index (χ1) is 9.93. The number of carbonyl (C=O) groups excluding carboxylic acids is 1. The molecule has 2 N–H and O–H groups in total. The lowest BCUT2D eigenvalue weighted by Gasteiger charge is -2.16. The number of halogens is 2. The summed E-state index contributed by atoms with van der Waals surface area (Å²) >= 11 is 3.61. The van der Waals surface area contributed by atoms with E-state index in [-0.39, 0.29) is 29.5 Å². The predicted octanol–water partition coefficient (Wildman–Crippen LogP) is -1.22. The van der Waals surface area contributed by atoms with Crippen molar-refractivity contribution in [3.05, 3.63) is 27.7 Å². The van der Waals surface area contributed by atoms with Gasteiger partial charge < -0.3 is 21.7 Å². The molecule has 122 valence electrons. The lowest BCUT2D eigenvalue weighted by Crippen LogP contribution is -3.00. The Hall–Kier alpha value is -1.08. The number of anilines is 1. The second-order valence-corrected chi connectivity index (χ2v) is 6.00. The summed E-state index contributed by atoms with van der Waals surface area (Å²) in [4.78, 5) is 13.6. The first kappa shape index (κ1) is 19.0. The quantitative estimate of drug-likeness (QED) is 0.476. The molecule has 0 radical (unpaired) electrons. The van der Waals surface area contributed by atoms with E-state index in [2.05, 4.69) is 41.9 Å². The molecule has 1 heterocycles. The Bertz CT molecular complexity index is 579. The third-order valence-corrected chi connectivity index (χ3v) is 4.09. The third kappa shape index (κ3) is 4.01. The summed E-state index contributed by atoms with van der Waals surface area (Å²) in [5.74, 6) is 0.345. The van der Waals surface area contributed by atoms with Crippen molar-refractivity contribution in [1.82, 2.24) is 0 Å². The molecular formula is C15H21Br2N3O2. The highest BCUT2D eigenvalue weighted by Crippen LogP contribution is 2.32. The van der Waals surface area contributed by atoms with Crippen molar-refractivity contribution in [3.8, 4) is 0 Å². The van der Waals surface area contributed by atoms with Crippen LogP contribution in [0.4, 0.5) is 5.69 Å². The van der Waals surface area contributed by atoms with Crippen LogP contribution in [0, 0.1) is 13.8 Å². The van der Waals surface area contributed by atoms with Gasteiger partial charge in [0.1, 0.15) is 12.2 Å². The van der Waals surface area contributed by atoms with Crippen molar-refractivity contribution in [2.24, 2.45) is 5.73 Å². The lowest BCUT2D eigenvalue weighted by molar-refractivity contribution is -0.509. The summed E-state index contributed by atoms with van der Waals surface area (Å²) in [7, 11) is 0. The van der Waals surface area contributed by atoms with Gasteiger partial charge in [0, 0.05) is 0 Å². The Kier molecular flexibility index (Phi) is 6.87. The molecule has 7 heteroatoms. The molecule has 1 aromatic carbocycles. The summed E-state index contributed by atoms with van der Waals surface area (Å²) in [5.41, 5.74) is 9.63. The molecule has 1 aliphatic rings. The number of guanidine groups is 1. The molecule has 0 saturated carbocycles. The molecule has 0 atom stereocenters. The van der Waals surface area contributed by atoms with Crippen molar-refractivity contribution in [2.45, 2.75) is 20.8 Å². The van der Waals surface area contributed by atoms with E-state index in [9.17, 15) is 4.79 Å². The van der Waals surface area contributed by atoms with Gasteiger partial charge in [-0.3, -0.25) is 10.3 Å². The molecule has 1 aliphatic heterocycles. The first-order valence-corrected chi connectivity index (χ1v) is 7.80. The Labute approximate surface area is 150 Å². The average molecular weight is 435 g/mol. The topological polar surface area (TPSA) is 58.6 Å². The number of benzene rings is 1. The largest absolute Gasteiger partial charge is 1.00 e. The van der Waals surface area contributed by atoms with Gasteiger partial charge >= 0.3 is 11.9 Å². The highest BCUT2D eigenvalue weighted by atomic mass is 79.9. The van der Waals surface area contributed by atoms with Gasteiger partial charge in [-0.1, -0.05) is 6.07 Å². The van der Waals surface area contributed by atoms with Gasteiger partial charge in [0.05, 0.1) is 17.6 Å². The molecule has 0 amide bonds. The highest BCUT2D eigenvalue weighted by molar-refractivity contribution is 9.10. The van der Waals surface area contributed by atoms with E-state index in [4.69, 9.17) is 10.5 Å². The normalized spacial score (nSPS) is 14.1. The average Bonchev–Trinajstić information content (AvgIpc) is 2.71. The Morgan fingerprint density at radius 3 is 2.73 bits per heavy atom. The fraction of sp³-hybridized carbons (Fsp3) is 0.467. The number of ether oxygens (including phenoxy) is 1. The second-order valence-electron chi connectivity index (χ2n) is 5.15. The Balaban J connectivity index is 0.00000242. The molecule has 0 unspecified atom stereocenters. The summed E-state index contributed by atoms with van der Waals surface area (Å²) in [6, 6.07) is 4.20. The van der Waals surface area contributed by atoms with Crippen molar-refractivity contribution >= 4 is 33.5 Å².